The summed E-state index contributed by atoms with van der Waals surface area (Å²) in [5.74, 6) is -0.840. The zero-order valence-electron chi connectivity index (χ0n) is 16.5. The molecule has 2 aromatic carbocycles. The van der Waals surface area contributed by atoms with Gasteiger partial charge in [0.15, 0.2) is 0 Å². The van der Waals surface area contributed by atoms with Crippen LogP contribution < -0.4 is 9.62 Å². The predicted molar refractivity (Wildman–Crippen MR) is 107 cm³/mol. The van der Waals surface area contributed by atoms with Gasteiger partial charge in [-0.1, -0.05) is 25.1 Å². The Morgan fingerprint density at radius 3 is 2.24 bits per heavy atom. The SMILES string of the molecule is CC[C@@H](C(=O)Nc1ccccc1C(F)(F)F)N(c1ccc(C)c(C)c1)S(C)(=O)=O. The summed E-state index contributed by atoms with van der Waals surface area (Å²) >= 11 is 0. The van der Waals surface area contributed by atoms with E-state index in [-0.39, 0.29) is 12.1 Å². The number of hydrogen-bond donors (Lipinski definition) is 1. The van der Waals surface area contributed by atoms with E-state index in [4.69, 9.17) is 0 Å². The maximum Gasteiger partial charge on any atom is 0.418 e. The highest BCUT2D eigenvalue weighted by atomic mass is 32.2. The number of rotatable bonds is 6. The largest absolute Gasteiger partial charge is 0.418 e. The van der Waals surface area contributed by atoms with Crippen molar-refractivity contribution in [1.82, 2.24) is 0 Å². The molecular weight excluding hydrogens is 405 g/mol. The van der Waals surface area contributed by atoms with Gasteiger partial charge in [0.25, 0.3) is 0 Å². The molecular formula is C20H23F3N2O3S. The van der Waals surface area contributed by atoms with Gasteiger partial charge in [-0.3, -0.25) is 9.10 Å². The van der Waals surface area contributed by atoms with E-state index in [0.717, 1.165) is 33.8 Å². The van der Waals surface area contributed by atoms with Crippen molar-refractivity contribution in [2.45, 2.75) is 39.4 Å². The molecule has 2 aromatic rings. The van der Waals surface area contributed by atoms with Crippen molar-refractivity contribution in [2.24, 2.45) is 0 Å². The third-order valence-corrected chi connectivity index (χ3v) is 5.74. The zero-order chi connectivity index (χ0) is 22.0. The lowest BCUT2D eigenvalue weighted by Crippen LogP contribution is -2.47. The fraction of sp³-hybridized carbons (Fsp3) is 0.350. The van der Waals surface area contributed by atoms with E-state index >= 15 is 0 Å². The van der Waals surface area contributed by atoms with Crippen LogP contribution in [0, 0.1) is 13.8 Å². The molecule has 0 spiro atoms. The summed E-state index contributed by atoms with van der Waals surface area (Å²) in [6.45, 7) is 5.26. The van der Waals surface area contributed by atoms with Gasteiger partial charge in [-0.15, -0.1) is 0 Å². The summed E-state index contributed by atoms with van der Waals surface area (Å²) < 4.78 is 65.6. The zero-order valence-corrected chi connectivity index (χ0v) is 17.4. The van der Waals surface area contributed by atoms with Crippen LogP contribution >= 0.6 is 0 Å². The number of halogens is 3. The number of nitrogens with zero attached hydrogens (tertiary/aromatic N) is 1. The summed E-state index contributed by atoms with van der Waals surface area (Å²) in [6.07, 6.45) is -3.63. The number of anilines is 2. The molecule has 0 saturated heterocycles. The van der Waals surface area contributed by atoms with Crippen LogP contribution in [-0.2, 0) is 21.0 Å². The first-order valence-corrected chi connectivity index (χ1v) is 10.7. The van der Waals surface area contributed by atoms with Crippen LogP contribution in [0.1, 0.15) is 30.0 Å². The van der Waals surface area contributed by atoms with Gasteiger partial charge in [0, 0.05) is 0 Å². The second kappa shape index (κ2) is 8.44. The minimum Gasteiger partial charge on any atom is -0.324 e. The lowest BCUT2D eigenvalue weighted by Gasteiger charge is -2.30. The number of carbonyl (C=O) groups is 1. The molecule has 0 unspecified atom stereocenters. The van der Waals surface area contributed by atoms with Crippen LogP contribution in [-0.4, -0.2) is 26.6 Å². The number of alkyl halides is 3. The molecule has 0 aliphatic heterocycles. The molecule has 0 aromatic heterocycles. The molecule has 0 aliphatic rings. The van der Waals surface area contributed by atoms with Crippen LogP contribution in [0.4, 0.5) is 24.5 Å². The molecule has 9 heteroatoms. The summed E-state index contributed by atoms with van der Waals surface area (Å²) in [6, 6.07) is 8.29. The van der Waals surface area contributed by atoms with Crippen LogP contribution in [0.3, 0.4) is 0 Å². The Morgan fingerprint density at radius 2 is 1.72 bits per heavy atom. The quantitative estimate of drug-likeness (QED) is 0.737. The maximum atomic E-state index is 13.2. The van der Waals surface area contributed by atoms with Crippen molar-refractivity contribution in [3.8, 4) is 0 Å². The molecule has 0 saturated carbocycles. The Hall–Kier alpha value is -2.55. The predicted octanol–water partition coefficient (Wildman–Crippen LogP) is 4.51. The monoisotopic (exact) mass is 428 g/mol. The first kappa shape index (κ1) is 22.7. The van der Waals surface area contributed by atoms with Crippen molar-refractivity contribution >= 4 is 27.3 Å². The average Bonchev–Trinajstić information content (AvgIpc) is 2.60. The van der Waals surface area contributed by atoms with E-state index in [2.05, 4.69) is 5.32 Å². The minimum absolute atomic E-state index is 0.0695. The third kappa shape index (κ3) is 5.29. The van der Waals surface area contributed by atoms with Crippen LogP contribution in [0.5, 0.6) is 0 Å². The van der Waals surface area contributed by atoms with Crippen molar-refractivity contribution < 1.29 is 26.4 Å². The number of sulfonamides is 1. The van der Waals surface area contributed by atoms with Crippen LogP contribution in [0.15, 0.2) is 42.5 Å². The number of aryl methyl sites for hydroxylation is 2. The normalized spacial score (nSPS) is 13.1. The van der Waals surface area contributed by atoms with E-state index < -0.39 is 39.4 Å². The van der Waals surface area contributed by atoms with Gasteiger partial charge in [0.05, 0.1) is 23.2 Å². The molecule has 0 radical (unpaired) electrons. The molecule has 0 fully saturated rings. The van der Waals surface area contributed by atoms with Crippen LogP contribution in [0.25, 0.3) is 0 Å². The van der Waals surface area contributed by atoms with Crippen molar-refractivity contribution in [2.75, 3.05) is 15.9 Å². The average molecular weight is 428 g/mol. The number of carbonyl (C=O) groups excluding carboxylic acids is 1. The third-order valence-electron chi connectivity index (χ3n) is 4.57. The lowest BCUT2D eigenvalue weighted by atomic mass is 10.1. The highest BCUT2D eigenvalue weighted by Crippen LogP contribution is 2.35. The van der Waals surface area contributed by atoms with Gasteiger partial charge in [-0.25, -0.2) is 8.42 Å². The molecule has 5 nitrogen and oxygen atoms in total. The second-order valence-corrected chi connectivity index (χ2v) is 8.64. The van der Waals surface area contributed by atoms with Crippen LogP contribution in [0.2, 0.25) is 0 Å². The standard InChI is InChI=1S/C20H23F3N2O3S/c1-5-18(19(26)24-17-9-7-6-8-16(17)20(21,22)23)25(29(4,27)28)15-11-10-13(2)14(3)12-15/h6-12,18H,5H2,1-4H3,(H,24,26)/t18-/m0/s1. The Bertz CT molecular complexity index is 1000. The van der Waals surface area contributed by atoms with E-state index in [0.29, 0.717) is 0 Å². The van der Waals surface area contributed by atoms with Crippen molar-refractivity contribution in [3.05, 3.63) is 59.2 Å². The highest BCUT2D eigenvalue weighted by molar-refractivity contribution is 7.92. The topological polar surface area (TPSA) is 66.5 Å². The molecule has 29 heavy (non-hydrogen) atoms. The van der Waals surface area contributed by atoms with Gasteiger partial charge in [-0.2, -0.15) is 13.2 Å². The molecule has 0 heterocycles. The molecule has 2 rings (SSSR count). The Morgan fingerprint density at radius 1 is 1.10 bits per heavy atom. The van der Waals surface area contributed by atoms with E-state index in [9.17, 15) is 26.4 Å². The number of benzene rings is 2. The molecule has 158 valence electrons. The highest BCUT2D eigenvalue weighted by Gasteiger charge is 2.36. The number of amides is 1. The van der Waals surface area contributed by atoms with Crippen molar-refractivity contribution in [1.29, 1.82) is 0 Å². The smallest absolute Gasteiger partial charge is 0.324 e. The fourth-order valence-electron chi connectivity index (χ4n) is 2.98. The maximum absolute atomic E-state index is 13.2. The van der Waals surface area contributed by atoms with Gasteiger partial charge in [0.2, 0.25) is 15.9 Å². The lowest BCUT2D eigenvalue weighted by molar-refractivity contribution is -0.137. The van der Waals surface area contributed by atoms with E-state index in [1.165, 1.54) is 12.1 Å². The second-order valence-electron chi connectivity index (χ2n) is 6.78. The van der Waals surface area contributed by atoms with Gasteiger partial charge >= 0.3 is 6.18 Å². The first-order valence-electron chi connectivity index (χ1n) is 8.90. The minimum atomic E-state index is -4.66. The summed E-state index contributed by atoms with van der Waals surface area (Å²) in [4.78, 5) is 12.9. The Balaban J connectivity index is 2.46. The van der Waals surface area contributed by atoms with Gasteiger partial charge in [0.1, 0.15) is 6.04 Å². The Labute approximate surface area is 168 Å². The summed E-state index contributed by atoms with van der Waals surface area (Å²) in [5, 5.41) is 2.25. The molecule has 1 N–H and O–H groups in total. The fourth-order valence-corrected chi connectivity index (χ4v) is 4.18. The van der Waals surface area contributed by atoms with E-state index in [1.54, 1.807) is 32.0 Å². The molecule has 1 atom stereocenters. The number of nitrogens with one attached hydrogen (secondary N) is 1. The molecule has 0 aliphatic carbocycles. The molecule has 0 bridgehead atoms. The van der Waals surface area contributed by atoms with E-state index in [1.807, 2.05) is 6.92 Å². The number of para-hydroxylation sites is 1. The first-order chi connectivity index (χ1) is 13.4. The number of hydrogen-bond acceptors (Lipinski definition) is 3. The molecule has 1 amide bonds. The van der Waals surface area contributed by atoms with Gasteiger partial charge < -0.3 is 5.32 Å². The van der Waals surface area contributed by atoms with Crippen molar-refractivity contribution in [3.63, 3.8) is 0 Å². The Kier molecular flexibility index (Phi) is 6.62. The van der Waals surface area contributed by atoms with Gasteiger partial charge in [-0.05, 0) is 55.7 Å². The summed E-state index contributed by atoms with van der Waals surface area (Å²) in [5.41, 5.74) is 0.631. The summed E-state index contributed by atoms with van der Waals surface area (Å²) in [7, 11) is -3.88.